The summed E-state index contributed by atoms with van der Waals surface area (Å²) in [5.41, 5.74) is 6.27. The number of nitrogen functional groups attached to an aromatic ring is 1. The Labute approximate surface area is 119 Å². The smallest absolute Gasteiger partial charge is 0.233 e. The standard InChI is InChI=1S/C12H15BrN4O2/c1-17(2)5-7-19-11-9(13)10(15-12(14)16-11)8-4-3-6-18-8/h3-4,6H,5,7H2,1-2H3,(H2,14,15,16). The summed E-state index contributed by atoms with van der Waals surface area (Å²) >= 11 is 3.42. The average Bonchev–Trinajstić information content (AvgIpc) is 2.86. The molecule has 2 aromatic heterocycles. The lowest BCUT2D eigenvalue weighted by atomic mass is 10.3. The number of ether oxygens (including phenoxy) is 1. The predicted octanol–water partition coefficient (Wildman–Crippen LogP) is 2.02. The molecule has 0 aromatic carbocycles. The maximum absolute atomic E-state index is 5.69. The van der Waals surface area contributed by atoms with Crippen molar-refractivity contribution in [1.29, 1.82) is 0 Å². The molecular weight excluding hydrogens is 312 g/mol. The maximum Gasteiger partial charge on any atom is 0.233 e. The molecule has 0 unspecified atom stereocenters. The summed E-state index contributed by atoms with van der Waals surface area (Å²) in [7, 11) is 3.95. The topological polar surface area (TPSA) is 77.4 Å². The zero-order valence-electron chi connectivity index (χ0n) is 10.8. The third-order valence-electron chi connectivity index (χ3n) is 2.37. The highest BCUT2D eigenvalue weighted by Gasteiger charge is 2.16. The zero-order valence-corrected chi connectivity index (χ0v) is 12.3. The number of furan rings is 1. The Balaban J connectivity index is 2.24. The van der Waals surface area contributed by atoms with E-state index in [0.717, 1.165) is 6.54 Å². The van der Waals surface area contributed by atoms with Gasteiger partial charge in [0.25, 0.3) is 0 Å². The number of hydrogen-bond acceptors (Lipinski definition) is 6. The number of rotatable bonds is 5. The summed E-state index contributed by atoms with van der Waals surface area (Å²) < 4.78 is 11.6. The zero-order chi connectivity index (χ0) is 13.8. The van der Waals surface area contributed by atoms with Gasteiger partial charge in [-0.15, -0.1) is 0 Å². The molecule has 0 saturated heterocycles. The van der Waals surface area contributed by atoms with Gasteiger partial charge in [-0.2, -0.15) is 4.98 Å². The molecule has 0 aliphatic rings. The van der Waals surface area contributed by atoms with Crippen LogP contribution in [0.5, 0.6) is 5.88 Å². The molecule has 0 bridgehead atoms. The highest BCUT2D eigenvalue weighted by atomic mass is 79.9. The molecule has 19 heavy (non-hydrogen) atoms. The molecule has 0 aliphatic carbocycles. The van der Waals surface area contributed by atoms with E-state index in [4.69, 9.17) is 14.9 Å². The van der Waals surface area contributed by atoms with Crippen molar-refractivity contribution < 1.29 is 9.15 Å². The minimum atomic E-state index is 0.148. The van der Waals surface area contributed by atoms with Crippen LogP contribution in [0.3, 0.4) is 0 Å². The Kier molecular flexibility index (Phi) is 4.39. The Bertz CT molecular complexity index is 543. The predicted molar refractivity (Wildman–Crippen MR) is 75.9 cm³/mol. The largest absolute Gasteiger partial charge is 0.475 e. The first kappa shape index (κ1) is 13.8. The molecule has 6 nitrogen and oxygen atoms in total. The summed E-state index contributed by atoms with van der Waals surface area (Å²) in [5, 5.41) is 0. The number of anilines is 1. The Morgan fingerprint density at radius 3 is 2.84 bits per heavy atom. The van der Waals surface area contributed by atoms with Crippen LogP contribution in [-0.2, 0) is 0 Å². The van der Waals surface area contributed by atoms with Crippen LogP contribution in [0.25, 0.3) is 11.5 Å². The Morgan fingerprint density at radius 2 is 2.21 bits per heavy atom. The molecule has 0 fully saturated rings. The van der Waals surface area contributed by atoms with Crippen LogP contribution in [0, 0.1) is 0 Å². The van der Waals surface area contributed by atoms with Crippen LogP contribution in [0.2, 0.25) is 0 Å². The number of nitrogens with two attached hydrogens (primary N) is 1. The fourth-order valence-electron chi connectivity index (χ4n) is 1.44. The van der Waals surface area contributed by atoms with Crippen LogP contribution in [0.15, 0.2) is 27.3 Å². The van der Waals surface area contributed by atoms with Crippen LogP contribution in [0.1, 0.15) is 0 Å². The van der Waals surface area contributed by atoms with Gasteiger partial charge >= 0.3 is 0 Å². The Morgan fingerprint density at radius 1 is 1.42 bits per heavy atom. The van der Waals surface area contributed by atoms with E-state index in [-0.39, 0.29) is 5.95 Å². The lowest BCUT2D eigenvalue weighted by molar-refractivity contribution is 0.252. The van der Waals surface area contributed by atoms with E-state index in [9.17, 15) is 0 Å². The first-order valence-electron chi connectivity index (χ1n) is 5.72. The van der Waals surface area contributed by atoms with Crippen LogP contribution >= 0.6 is 15.9 Å². The van der Waals surface area contributed by atoms with Gasteiger partial charge in [0.2, 0.25) is 11.8 Å². The minimum Gasteiger partial charge on any atom is -0.475 e. The van der Waals surface area contributed by atoms with Crippen molar-refractivity contribution in [3.05, 3.63) is 22.9 Å². The molecular formula is C12H15BrN4O2. The van der Waals surface area contributed by atoms with Crippen molar-refractivity contribution in [3.8, 4) is 17.3 Å². The number of aromatic nitrogens is 2. The van der Waals surface area contributed by atoms with Crippen molar-refractivity contribution in [2.75, 3.05) is 33.0 Å². The van der Waals surface area contributed by atoms with E-state index in [0.29, 0.717) is 28.4 Å². The van der Waals surface area contributed by atoms with E-state index in [1.807, 2.05) is 19.0 Å². The monoisotopic (exact) mass is 326 g/mol. The lowest BCUT2D eigenvalue weighted by Gasteiger charge is -2.12. The molecule has 2 aromatic rings. The van der Waals surface area contributed by atoms with Gasteiger partial charge in [0.05, 0.1) is 6.26 Å². The molecule has 2 N–H and O–H groups in total. The fourth-order valence-corrected chi connectivity index (χ4v) is 1.93. The second kappa shape index (κ2) is 6.03. The fraction of sp³-hybridized carbons (Fsp3) is 0.333. The van der Waals surface area contributed by atoms with Crippen molar-refractivity contribution >= 4 is 21.9 Å². The molecule has 7 heteroatoms. The SMILES string of the molecule is CN(C)CCOc1nc(N)nc(-c2ccco2)c1Br. The number of likely N-dealkylation sites (N-methyl/N-ethyl adjacent to an activating group) is 1. The molecule has 102 valence electrons. The van der Waals surface area contributed by atoms with Gasteiger partial charge in [-0.1, -0.05) is 0 Å². The third-order valence-corrected chi connectivity index (χ3v) is 3.08. The van der Waals surface area contributed by atoms with E-state index in [1.54, 1.807) is 18.4 Å². The van der Waals surface area contributed by atoms with Gasteiger partial charge in [0.15, 0.2) is 5.76 Å². The van der Waals surface area contributed by atoms with E-state index in [2.05, 4.69) is 25.9 Å². The van der Waals surface area contributed by atoms with Gasteiger partial charge in [-0.05, 0) is 42.2 Å². The highest BCUT2D eigenvalue weighted by molar-refractivity contribution is 9.10. The van der Waals surface area contributed by atoms with E-state index >= 15 is 0 Å². The summed E-state index contributed by atoms with van der Waals surface area (Å²) in [4.78, 5) is 10.3. The van der Waals surface area contributed by atoms with Gasteiger partial charge < -0.3 is 19.8 Å². The Hall–Kier alpha value is -1.60. The summed E-state index contributed by atoms with van der Waals surface area (Å²) in [5.74, 6) is 1.17. The molecule has 0 aliphatic heterocycles. The first-order chi connectivity index (χ1) is 9.08. The summed E-state index contributed by atoms with van der Waals surface area (Å²) in [6, 6.07) is 3.59. The minimum absolute atomic E-state index is 0.148. The average molecular weight is 327 g/mol. The van der Waals surface area contributed by atoms with Crippen molar-refractivity contribution in [3.63, 3.8) is 0 Å². The van der Waals surface area contributed by atoms with Gasteiger partial charge in [0, 0.05) is 6.54 Å². The van der Waals surface area contributed by atoms with Crippen molar-refractivity contribution in [2.45, 2.75) is 0 Å². The van der Waals surface area contributed by atoms with E-state index < -0.39 is 0 Å². The molecule has 0 radical (unpaired) electrons. The molecule has 0 saturated carbocycles. The molecule has 2 rings (SSSR count). The van der Waals surface area contributed by atoms with Gasteiger partial charge in [-0.3, -0.25) is 0 Å². The van der Waals surface area contributed by atoms with E-state index in [1.165, 1.54) is 0 Å². The van der Waals surface area contributed by atoms with Crippen LogP contribution < -0.4 is 10.5 Å². The van der Waals surface area contributed by atoms with Gasteiger partial charge in [0.1, 0.15) is 16.8 Å². The molecule has 2 heterocycles. The maximum atomic E-state index is 5.69. The van der Waals surface area contributed by atoms with Crippen LogP contribution in [0.4, 0.5) is 5.95 Å². The number of halogens is 1. The summed E-state index contributed by atoms with van der Waals surface area (Å²) in [6.45, 7) is 1.30. The van der Waals surface area contributed by atoms with Gasteiger partial charge in [-0.25, -0.2) is 4.98 Å². The first-order valence-corrected chi connectivity index (χ1v) is 6.51. The molecule has 0 spiro atoms. The molecule has 0 atom stereocenters. The number of nitrogens with zero attached hydrogens (tertiary/aromatic N) is 3. The number of hydrogen-bond donors (Lipinski definition) is 1. The molecule has 0 amide bonds. The second-order valence-corrected chi connectivity index (χ2v) is 4.97. The summed E-state index contributed by atoms with van der Waals surface area (Å²) in [6.07, 6.45) is 1.58. The van der Waals surface area contributed by atoms with Crippen molar-refractivity contribution in [1.82, 2.24) is 14.9 Å². The van der Waals surface area contributed by atoms with Crippen LogP contribution in [-0.4, -0.2) is 42.1 Å². The normalized spacial score (nSPS) is 10.9. The third kappa shape index (κ3) is 3.45. The second-order valence-electron chi connectivity index (χ2n) is 4.18. The van der Waals surface area contributed by atoms with Crippen molar-refractivity contribution in [2.24, 2.45) is 0 Å². The quantitative estimate of drug-likeness (QED) is 0.905. The lowest BCUT2D eigenvalue weighted by Crippen LogP contribution is -2.20. The highest BCUT2D eigenvalue weighted by Crippen LogP contribution is 2.33.